The summed E-state index contributed by atoms with van der Waals surface area (Å²) in [6, 6.07) is 22.9. The standard InChI is InChI=1S/C26H16N4O5/c31-19-12-5-16(6-13-19)23-25-24(22-20-4-2-1-3-15(20)7-14-21(22)35-25)27-26(32)29(28-23)17-8-10-18(11-9-17)30(33)34/h1-14,31H,(H,27,32). The molecule has 35 heavy (non-hydrogen) atoms. The second-order valence-electron chi connectivity index (χ2n) is 7.98. The Kier molecular flexibility index (Phi) is 4.49. The molecule has 9 heteroatoms. The maximum absolute atomic E-state index is 13.4. The van der Waals surface area contributed by atoms with E-state index >= 15 is 0 Å². The number of amides is 2. The largest absolute Gasteiger partial charge is 0.508 e. The van der Waals surface area contributed by atoms with Crippen molar-refractivity contribution in [2.75, 3.05) is 10.3 Å². The summed E-state index contributed by atoms with van der Waals surface area (Å²) in [5.74, 6) is 0.444. The molecular weight excluding hydrogens is 448 g/mol. The number of benzene rings is 4. The third-order valence-electron chi connectivity index (χ3n) is 5.87. The predicted octanol–water partition coefficient (Wildman–Crippen LogP) is 6.00. The number of nitro groups is 1. The van der Waals surface area contributed by atoms with Gasteiger partial charge in [-0.2, -0.15) is 10.1 Å². The molecule has 0 unspecified atom stereocenters. The van der Waals surface area contributed by atoms with Crippen molar-refractivity contribution >= 4 is 50.5 Å². The average molecular weight is 464 g/mol. The molecular formula is C26H16N4O5. The number of phenolic OH excluding ortho intramolecular Hbond substituents is 1. The van der Waals surface area contributed by atoms with E-state index < -0.39 is 11.0 Å². The van der Waals surface area contributed by atoms with Crippen LogP contribution in [0.1, 0.15) is 11.3 Å². The van der Waals surface area contributed by atoms with Crippen LogP contribution in [0.5, 0.6) is 5.75 Å². The van der Waals surface area contributed by atoms with E-state index in [1.807, 2.05) is 36.4 Å². The molecule has 0 spiro atoms. The van der Waals surface area contributed by atoms with Gasteiger partial charge in [-0.1, -0.05) is 30.3 Å². The Bertz CT molecular complexity index is 1670. The van der Waals surface area contributed by atoms with Crippen molar-refractivity contribution in [3.8, 4) is 5.75 Å². The van der Waals surface area contributed by atoms with Gasteiger partial charge in [0.2, 0.25) is 0 Å². The maximum Gasteiger partial charge on any atom is 0.347 e. The third kappa shape index (κ3) is 3.34. The predicted molar refractivity (Wildman–Crippen MR) is 132 cm³/mol. The number of urea groups is 1. The van der Waals surface area contributed by atoms with Gasteiger partial charge in [-0.3, -0.25) is 10.1 Å². The minimum Gasteiger partial charge on any atom is -0.508 e. The fraction of sp³-hybridized carbons (Fsp3) is 0. The van der Waals surface area contributed by atoms with Crippen molar-refractivity contribution < 1.29 is 19.2 Å². The summed E-state index contributed by atoms with van der Waals surface area (Å²) in [5.41, 5.74) is 2.26. The summed E-state index contributed by atoms with van der Waals surface area (Å²) in [6.07, 6.45) is 0. The van der Waals surface area contributed by atoms with E-state index in [2.05, 4.69) is 10.4 Å². The molecule has 0 fully saturated rings. The molecule has 0 saturated heterocycles. The number of nitrogens with zero attached hydrogens (tertiary/aromatic N) is 3. The molecule has 2 amide bonds. The van der Waals surface area contributed by atoms with Crippen LogP contribution in [0, 0.1) is 10.1 Å². The van der Waals surface area contributed by atoms with Gasteiger partial charge in [-0.05, 0) is 53.2 Å². The number of carbonyl (C=O) groups excluding carboxylic acids is 1. The number of hydrogen-bond acceptors (Lipinski definition) is 6. The Labute approximate surface area is 197 Å². The summed E-state index contributed by atoms with van der Waals surface area (Å²) >= 11 is 0. The van der Waals surface area contributed by atoms with Crippen molar-refractivity contribution in [3.63, 3.8) is 0 Å². The van der Waals surface area contributed by atoms with Gasteiger partial charge in [0.25, 0.3) is 5.69 Å². The zero-order chi connectivity index (χ0) is 24.1. The lowest BCUT2D eigenvalue weighted by Gasteiger charge is -2.16. The number of hydrogen-bond donors (Lipinski definition) is 2. The Morgan fingerprint density at radius 3 is 2.43 bits per heavy atom. The minimum atomic E-state index is -0.551. The zero-order valence-electron chi connectivity index (χ0n) is 18.0. The van der Waals surface area contributed by atoms with Crippen LogP contribution in [-0.2, 0) is 0 Å². The summed E-state index contributed by atoms with van der Waals surface area (Å²) in [6.45, 7) is 0. The number of nitrogens with one attached hydrogen (secondary N) is 1. The van der Waals surface area contributed by atoms with Gasteiger partial charge in [-0.25, -0.2) is 4.79 Å². The topological polar surface area (TPSA) is 121 Å². The van der Waals surface area contributed by atoms with E-state index in [4.69, 9.17) is 4.42 Å². The molecule has 0 bridgehead atoms. The number of fused-ring (bicyclic) bond motifs is 5. The molecule has 0 saturated carbocycles. The zero-order valence-corrected chi connectivity index (χ0v) is 18.0. The van der Waals surface area contributed by atoms with Crippen LogP contribution >= 0.6 is 0 Å². The molecule has 2 N–H and O–H groups in total. The van der Waals surface area contributed by atoms with E-state index in [1.54, 1.807) is 12.1 Å². The molecule has 1 aliphatic rings. The Morgan fingerprint density at radius 2 is 1.69 bits per heavy atom. The lowest BCUT2D eigenvalue weighted by atomic mass is 10.0. The lowest BCUT2D eigenvalue weighted by molar-refractivity contribution is -0.384. The van der Waals surface area contributed by atoms with Crippen LogP contribution in [0.15, 0.2) is 94.4 Å². The summed E-state index contributed by atoms with van der Waals surface area (Å²) in [5, 5.41) is 32.2. The molecule has 4 aromatic carbocycles. The van der Waals surface area contributed by atoms with E-state index in [0.29, 0.717) is 34.0 Å². The first-order valence-corrected chi connectivity index (χ1v) is 10.7. The number of anilines is 2. The van der Waals surface area contributed by atoms with Crippen LogP contribution in [0.4, 0.5) is 21.9 Å². The van der Waals surface area contributed by atoms with Crippen molar-refractivity contribution in [1.29, 1.82) is 0 Å². The number of furan rings is 1. The molecule has 1 aliphatic heterocycles. The lowest BCUT2D eigenvalue weighted by Crippen LogP contribution is -2.29. The van der Waals surface area contributed by atoms with E-state index in [0.717, 1.165) is 21.2 Å². The Hall–Kier alpha value is -5.18. The molecule has 2 heterocycles. The highest BCUT2D eigenvalue weighted by Crippen LogP contribution is 2.39. The molecule has 9 nitrogen and oxygen atoms in total. The minimum absolute atomic E-state index is 0.0835. The van der Waals surface area contributed by atoms with Crippen LogP contribution in [0.25, 0.3) is 21.7 Å². The van der Waals surface area contributed by atoms with E-state index in [9.17, 15) is 20.0 Å². The van der Waals surface area contributed by atoms with Gasteiger partial charge in [0.1, 0.15) is 17.0 Å². The number of carbonyl (C=O) groups is 1. The number of rotatable bonds is 3. The Morgan fingerprint density at radius 1 is 0.943 bits per heavy atom. The normalized spacial score (nSPS) is 13.3. The molecule has 6 rings (SSSR count). The number of aromatic hydroxyl groups is 1. The monoisotopic (exact) mass is 464 g/mol. The van der Waals surface area contributed by atoms with Gasteiger partial charge < -0.3 is 14.8 Å². The van der Waals surface area contributed by atoms with E-state index in [-0.39, 0.29) is 11.4 Å². The van der Waals surface area contributed by atoms with Crippen molar-refractivity contribution in [1.82, 2.24) is 0 Å². The van der Waals surface area contributed by atoms with Crippen molar-refractivity contribution in [2.45, 2.75) is 0 Å². The highest BCUT2D eigenvalue weighted by atomic mass is 16.6. The van der Waals surface area contributed by atoms with Crippen molar-refractivity contribution in [2.24, 2.45) is 5.10 Å². The molecule has 0 atom stereocenters. The van der Waals surface area contributed by atoms with Crippen LogP contribution in [0.3, 0.4) is 0 Å². The van der Waals surface area contributed by atoms with Crippen LogP contribution in [-0.4, -0.2) is 21.8 Å². The quantitative estimate of drug-likeness (QED) is 0.250. The molecule has 5 aromatic rings. The Balaban J connectivity index is 1.60. The number of non-ortho nitro benzene ring substituents is 1. The first kappa shape index (κ1) is 20.4. The SMILES string of the molecule is O=C1Nc2c(oc3ccc4ccccc4c23)C(c2ccc(O)cc2)=NN1c1ccc([N+](=O)[O-])cc1. The first-order chi connectivity index (χ1) is 17.0. The fourth-order valence-electron chi connectivity index (χ4n) is 4.20. The average Bonchev–Trinajstić information content (AvgIpc) is 3.17. The van der Waals surface area contributed by atoms with Crippen LogP contribution in [0.2, 0.25) is 0 Å². The number of hydrazone groups is 1. The van der Waals surface area contributed by atoms with E-state index in [1.165, 1.54) is 36.4 Å². The third-order valence-corrected chi connectivity index (χ3v) is 5.87. The highest BCUT2D eigenvalue weighted by Gasteiger charge is 2.30. The van der Waals surface area contributed by atoms with Gasteiger partial charge in [0.15, 0.2) is 5.76 Å². The number of nitro benzene ring substituents is 1. The van der Waals surface area contributed by atoms with Crippen LogP contribution < -0.4 is 10.3 Å². The van der Waals surface area contributed by atoms with Crippen molar-refractivity contribution in [3.05, 3.63) is 106 Å². The summed E-state index contributed by atoms with van der Waals surface area (Å²) < 4.78 is 6.23. The first-order valence-electron chi connectivity index (χ1n) is 10.7. The highest BCUT2D eigenvalue weighted by molar-refractivity contribution is 6.26. The molecule has 170 valence electrons. The summed E-state index contributed by atoms with van der Waals surface area (Å²) in [4.78, 5) is 24.0. The molecule has 0 radical (unpaired) electrons. The van der Waals surface area contributed by atoms with Gasteiger partial charge in [0, 0.05) is 17.7 Å². The second kappa shape index (κ2) is 7.70. The van der Waals surface area contributed by atoms with Gasteiger partial charge in [-0.15, -0.1) is 0 Å². The second-order valence-corrected chi connectivity index (χ2v) is 7.98. The maximum atomic E-state index is 13.4. The summed E-state index contributed by atoms with van der Waals surface area (Å²) in [7, 11) is 0. The molecule has 0 aliphatic carbocycles. The smallest absolute Gasteiger partial charge is 0.347 e. The van der Waals surface area contributed by atoms with Gasteiger partial charge in [0.05, 0.1) is 21.7 Å². The van der Waals surface area contributed by atoms with Gasteiger partial charge >= 0.3 is 6.03 Å². The number of phenols is 1. The molecule has 1 aromatic heterocycles. The fourth-order valence-corrected chi connectivity index (χ4v) is 4.20.